The van der Waals surface area contributed by atoms with Gasteiger partial charge in [0.1, 0.15) is 21.7 Å². The van der Waals surface area contributed by atoms with Gasteiger partial charge in [0.15, 0.2) is 0 Å². The minimum absolute atomic E-state index is 0.0111. The quantitative estimate of drug-likeness (QED) is 0.739. The number of nitrogens with zero attached hydrogens (tertiary/aromatic N) is 3. The van der Waals surface area contributed by atoms with Crippen molar-refractivity contribution in [2.45, 2.75) is 4.90 Å². The van der Waals surface area contributed by atoms with E-state index in [4.69, 9.17) is 11.6 Å². The standard InChI is InChI=1S/C16H14ClF2N3O3S/c17-15-12(2-1-5-20-15)16(23)21-6-8-22(9-7-21)26(24,25)14-4-3-11(18)10-13(14)19/h1-5,10H,6-9H2. The SMILES string of the molecule is O=C(c1cccnc1Cl)N1CCN(S(=O)(=O)c2ccc(F)cc2F)CC1. The van der Waals surface area contributed by atoms with Crippen LogP contribution < -0.4 is 0 Å². The van der Waals surface area contributed by atoms with Gasteiger partial charge < -0.3 is 4.90 Å². The molecule has 1 aromatic heterocycles. The van der Waals surface area contributed by atoms with E-state index < -0.39 is 26.6 Å². The van der Waals surface area contributed by atoms with Crippen molar-refractivity contribution in [3.8, 4) is 0 Å². The Kier molecular flexibility index (Phi) is 5.22. The van der Waals surface area contributed by atoms with Crippen molar-refractivity contribution in [1.29, 1.82) is 0 Å². The summed E-state index contributed by atoms with van der Waals surface area (Å²) in [7, 11) is -4.12. The third-order valence-corrected chi connectivity index (χ3v) is 6.26. The maximum atomic E-state index is 13.8. The zero-order chi connectivity index (χ0) is 18.9. The fourth-order valence-electron chi connectivity index (χ4n) is 2.67. The minimum Gasteiger partial charge on any atom is -0.336 e. The second kappa shape index (κ2) is 7.26. The highest BCUT2D eigenvalue weighted by Gasteiger charge is 2.32. The van der Waals surface area contributed by atoms with E-state index in [2.05, 4.69) is 4.98 Å². The zero-order valence-electron chi connectivity index (χ0n) is 13.4. The average molecular weight is 402 g/mol. The second-order valence-electron chi connectivity index (χ2n) is 5.61. The number of amides is 1. The summed E-state index contributed by atoms with van der Waals surface area (Å²) >= 11 is 5.91. The van der Waals surface area contributed by atoms with E-state index in [1.807, 2.05) is 0 Å². The van der Waals surface area contributed by atoms with Gasteiger partial charge in [-0.1, -0.05) is 11.6 Å². The van der Waals surface area contributed by atoms with Gasteiger partial charge in [-0.3, -0.25) is 4.79 Å². The van der Waals surface area contributed by atoms with Gasteiger partial charge in [-0.05, 0) is 24.3 Å². The Morgan fingerprint density at radius 1 is 1.12 bits per heavy atom. The maximum absolute atomic E-state index is 13.8. The fourth-order valence-corrected chi connectivity index (χ4v) is 4.34. The van der Waals surface area contributed by atoms with Crippen LogP contribution in [-0.2, 0) is 10.0 Å². The van der Waals surface area contributed by atoms with Crippen LogP contribution >= 0.6 is 11.6 Å². The summed E-state index contributed by atoms with van der Waals surface area (Å²) < 4.78 is 53.0. The number of rotatable bonds is 3. The number of carbonyl (C=O) groups is 1. The summed E-state index contributed by atoms with van der Waals surface area (Å²) in [6, 6.07) is 5.43. The van der Waals surface area contributed by atoms with E-state index in [1.165, 1.54) is 17.2 Å². The topological polar surface area (TPSA) is 70.6 Å². The number of sulfonamides is 1. The van der Waals surface area contributed by atoms with Crippen molar-refractivity contribution < 1.29 is 22.0 Å². The highest BCUT2D eigenvalue weighted by atomic mass is 35.5. The molecule has 0 bridgehead atoms. The summed E-state index contributed by atoms with van der Waals surface area (Å²) in [6.45, 7) is 0.212. The van der Waals surface area contributed by atoms with Gasteiger partial charge in [0.05, 0.1) is 5.56 Å². The first-order chi connectivity index (χ1) is 12.3. The molecule has 138 valence electrons. The number of hydrogen-bond acceptors (Lipinski definition) is 4. The van der Waals surface area contributed by atoms with E-state index in [0.29, 0.717) is 6.07 Å². The van der Waals surface area contributed by atoms with Crippen molar-refractivity contribution in [1.82, 2.24) is 14.2 Å². The van der Waals surface area contributed by atoms with Crippen molar-refractivity contribution >= 4 is 27.5 Å². The molecular weight excluding hydrogens is 388 g/mol. The normalized spacial score (nSPS) is 15.9. The number of benzene rings is 1. The molecule has 1 aliphatic heterocycles. The molecule has 1 aliphatic rings. The van der Waals surface area contributed by atoms with Crippen molar-refractivity contribution in [2.75, 3.05) is 26.2 Å². The molecule has 1 aromatic carbocycles. The molecule has 3 rings (SSSR count). The summed E-state index contributed by atoms with van der Waals surface area (Å²) in [5.74, 6) is -2.36. The van der Waals surface area contributed by atoms with Crippen LogP contribution in [0, 0.1) is 11.6 Å². The summed E-state index contributed by atoms with van der Waals surface area (Å²) in [5, 5.41) is 0.0703. The molecule has 0 atom stereocenters. The summed E-state index contributed by atoms with van der Waals surface area (Å²) in [6.07, 6.45) is 1.46. The van der Waals surface area contributed by atoms with E-state index in [0.717, 1.165) is 16.4 Å². The van der Waals surface area contributed by atoms with Crippen LogP contribution in [-0.4, -0.2) is 54.7 Å². The molecule has 0 radical (unpaired) electrons. The number of hydrogen-bond donors (Lipinski definition) is 0. The lowest BCUT2D eigenvalue weighted by atomic mass is 10.2. The monoisotopic (exact) mass is 401 g/mol. The van der Waals surface area contributed by atoms with Crippen molar-refractivity contribution in [3.63, 3.8) is 0 Å². The van der Waals surface area contributed by atoms with Crippen LogP contribution in [0.5, 0.6) is 0 Å². The molecule has 26 heavy (non-hydrogen) atoms. The Balaban J connectivity index is 1.74. The number of aromatic nitrogens is 1. The molecule has 1 fully saturated rings. The lowest BCUT2D eigenvalue weighted by Crippen LogP contribution is -2.50. The molecule has 0 unspecified atom stereocenters. The van der Waals surface area contributed by atoms with E-state index in [1.54, 1.807) is 6.07 Å². The molecule has 1 saturated heterocycles. The predicted octanol–water partition coefficient (Wildman–Crippen LogP) is 2.16. The van der Waals surface area contributed by atoms with E-state index >= 15 is 0 Å². The Labute approximate surface area is 154 Å². The van der Waals surface area contributed by atoms with Crippen LogP contribution in [0.4, 0.5) is 8.78 Å². The van der Waals surface area contributed by atoms with Crippen LogP contribution in [0.3, 0.4) is 0 Å². The first-order valence-corrected chi connectivity index (χ1v) is 9.47. The molecule has 0 saturated carbocycles. The van der Waals surface area contributed by atoms with Gasteiger partial charge in [-0.2, -0.15) is 4.31 Å². The van der Waals surface area contributed by atoms with Gasteiger partial charge in [-0.25, -0.2) is 22.2 Å². The Morgan fingerprint density at radius 2 is 1.81 bits per heavy atom. The maximum Gasteiger partial charge on any atom is 0.257 e. The lowest BCUT2D eigenvalue weighted by molar-refractivity contribution is 0.0697. The van der Waals surface area contributed by atoms with E-state index in [-0.39, 0.29) is 42.8 Å². The van der Waals surface area contributed by atoms with Gasteiger partial charge in [0.2, 0.25) is 10.0 Å². The predicted molar refractivity (Wildman–Crippen MR) is 90.3 cm³/mol. The molecular formula is C16H14ClF2N3O3S. The molecule has 1 amide bonds. The summed E-state index contributed by atoms with van der Waals surface area (Å²) in [5.41, 5.74) is 0.232. The first-order valence-electron chi connectivity index (χ1n) is 7.65. The Morgan fingerprint density at radius 3 is 2.42 bits per heavy atom. The molecule has 0 N–H and O–H groups in total. The highest BCUT2D eigenvalue weighted by molar-refractivity contribution is 7.89. The molecule has 6 nitrogen and oxygen atoms in total. The second-order valence-corrected chi connectivity index (χ2v) is 7.88. The minimum atomic E-state index is -4.12. The van der Waals surface area contributed by atoms with Gasteiger partial charge in [0, 0.05) is 38.4 Å². The number of piperazine rings is 1. The number of halogens is 3. The van der Waals surface area contributed by atoms with E-state index in [9.17, 15) is 22.0 Å². The zero-order valence-corrected chi connectivity index (χ0v) is 15.0. The lowest BCUT2D eigenvalue weighted by Gasteiger charge is -2.34. The summed E-state index contributed by atoms with van der Waals surface area (Å²) in [4.78, 5) is 17.2. The highest BCUT2D eigenvalue weighted by Crippen LogP contribution is 2.22. The van der Waals surface area contributed by atoms with Crippen LogP contribution in [0.15, 0.2) is 41.4 Å². The average Bonchev–Trinajstić information content (AvgIpc) is 2.61. The largest absolute Gasteiger partial charge is 0.336 e. The van der Waals surface area contributed by atoms with Gasteiger partial charge in [0.25, 0.3) is 5.91 Å². The molecule has 2 aromatic rings. The Bertz CT molecular complexity index is 948. The third-order valence-electron chi connectivity index (χ3n) is 4.03. The van der Waals surface area contributed by atoms with Crippen LogP contribution in [0.1, 0.15) is 10.4 Å². The Hall–Kier alpha value is -2.10. The van der Waals surface area contributed by atoms with Crippen LogP contribution in [0.2, 0.25) is 5.15 Å². The first kappa shape index (κ1) is 18.7. The third kappa shape index (κ3) is 3.55. The van der Waals surface area contributed by atoms with Crippen LogP contribution in [0.25, 0.3) is 0 Å². The molecule has 0 spiro atoms. The number of pyridine rings is 1. The van der Waals surface area contributed by atoms with Gasteiger partial charge in [-0.15, -0.1) is 0 Å². The molecule has 10 heteroatoms. The van der Waals surface area contributed by atoms with Crippen molar-refractivity contribution in [2.24, 2.45) is 0 Å². The van der Waals surface area contributed by atoms with Gasteiger partial charge >= 0.3 is 0 Å². The molecule has 2 heterocycles. The van der Waals surface area contributed by atoms with Crippen molar-refractivity contribution in [3.05, 3.63) is 58.9 Å². The number of carbonyl (C=O) groups excluding carboxylic acids is 1. The fraction of sp³-hybridized carbons (Fsp3) is 0.250. The molecule has 0 aliphatic carbocycles. The smallest absolute Gasteiger partial charge is 0.257 e.